The molecule has 0 saturated heterocycles. The topological polar surface area (TPSA) is 112 Å². The zero-order valence-electron chi connectivity index (χ0n) is 19.8. The summed E-state index contributed by atoms with van der Waals surface area (Å²) < 4.78 is 17.4. The summed E-state index contributed by atoms with van der Waals surface area (Å²) >= 11 is 0. The van der Waals surface area contributed by atoms with Gasteiger partial charge in [-0.1, -0.05) is 36.4 Å². The van der Waals surface area contributed by atoms with Crippen molar-refractivity contribution in [1.29, 1.82) is 0 Å². The van der Waals surface area contributed by atoms with Crippen molar-refractivity contribution in [2.75, 3.05) is 5.73 Å². The first-order valence-corrected chi connectivity index (χ1v) is 11.6. The molecule has 0 amide bonds. The number of hydrogen-bond acceptors (Lipinski definition) is 6. The number of halogens is 1. The van der Waals surface area contributed by atoms with Crippen molar-refractivity contribution in [3.05, 3.63) is 107 Å². The molecule has 6 aromatic rings. The van der Waals surface area contributed by atoms with Gasteiger partial charge >= 0.3 is 0 Å². The van der Waals surface area contributed by atoms with Crippen molar-refractivity contribution >= 4 is 27.6 Å². The van der Waals surface area contributed by atoms with Gasteiger partial charge in [0, 0.05) is 22.7 Å². The Kier molecular flexibility index (Phi) is 5.19. The second-order valence-electron chi connectivity index (χ2n) is 8.81. The summed E-state index contributed by atoms with van der Waals surface area (Å²) in [5, 5.41) is 16.5. The normalized spacial score (nSPS) is 11.4. The summed E-state index contributed by atoms with van der Waals surface area (Å²) in [5.41, 5.74) is 9.50. The first kappa shape index (κ1) is 22.4. The maximum atomic E-state index is 14.1. The van der Waals surface area contributed by atoms with Gasteiger partial charge in [0.05, 0.1) is 17.6 Å². The molecular weight excluding hydrogens is 471 g/mol. The van der Waals surface area contributed by atoms with E-state index in [0.29, 0.717) is 33.4 Å². The molecule has 0 saturated carbocycles. The second-order valence-corrected chi connectivity index (χ2v) is 8.81. The molecule has 0 aliphatic rings. The van der Waals surface area contributed by atoms with Crippen LogP contribution in [-0.4, -0.2) is 29.4 Å². The predicted octanol–water partition coefficient (Wildman–Crippen LogP) is 4.58. The zero-order chi connectivity index (χ0) is 25.7. The van der Waals surface area contributed by atoms with E-state index in [1.54, 1.807) is 9.25 Å². The van der Waals surface area contributed by atoms with E-state index in [0.717, 1.165) is 22.7 Å². The van der Waals surface area contributed by atoms with E-state index >= 15 is 0 Å². The van der Waals surface area contributed by atoms with Gasteiger partial charge in [-0.3, -0.25) is 9.36 Å². The van der Waals surface area contributed by atoms with Crippen LogP contribution in [0.2, 0.25) is 0 Å². The third-order valence-corrected chi connectivity index (χ3v) is 6.39. The minimum atomic E-state index is -0.615. The number of hydrogen-bond donors (Lipinski definition) is 2. The van der Waals surface area contributed by atoms with Gasteiger partial charge in [0.25, 0.3) is 5.56 Å². The average molecular weight is 493 g/mol. The van der Waals surface area contributed by atoms with Gasteiger partial charge in [0.2, 0.25) is 0 Å². The summed E-state index contributed by atoms with van der Waals surface area (Å²) in [6.45, 7) is 2.12. The number of aromatic nitrogens is 5. The van der Waals surface area contributed by atoms with E-state index in [-0.39, 0.29) is 23.7 Å². The largest absolute Gasteiger partial charge is 0.508 e. The molecule has 0 atom stereocenters. The number of pyridine rings is 1. The predicted molar refractivity (Wildman–Crippen MR) is 140 cm³/mol. The van der Waals surface area contributed by atoms with Crippen molar-refractivity contribution < 1.29 is 9.50 Å². The highest BCUT2D eigenvalue weighted by atomic mass is 19.1. The van der Waals surface area contributed by atoms with E-state index in [9.17, 15) is 14.3 Å². The van der Waals surface area contributed by atoms with Crippen molar-refractivity contribution in [3.8, 4) is 22.7 Å². The van der Waals surface area contributed by atoms with Crippen LogP contribution >= 0.6 is 0 Å². The van der Waals surface area contributed by atoms with Crippen molar-refractivity contribution in [2.45, 2.75) is 13.5 Å². The molecule has 3 N–H and O–H groups in total. The highest BCUT2D eigenvalue weighted by Gasteiger charge is 2.20. The van der Waals surface area contributed by atoms with Crippen molar-refractivity contribution in [2.24, 2.45) is 0 Å². The number of nitrogens with two attached hydrogens (primary N) is 1. The van der Waals surface area contributed by atoms with Crippen LogP contribution in [0.15, 0.2) is 83.9 Å². The lowest BCUT2D eigenvalue weighted by Gasteiger charge is -2.17. The number of para-hydroxylation sites is 1. The second kappa shape index (κ2) is 8.56. The number of aromatic hydroxyl groups is 1. The highest BCUT2D eigenvalue weighted by molar-refractivity contribution is 5.98. The Hall–Kier alpha value is -5.05. The molecule has 0 unspecified atom stereocenters. The van der Waals surface area contributed by atoms with E-state index < -0.39 is 5.82 Å². The number of fused-ring (bicyclic) bond motifs is 2. The molecule has 0 fully saturated rings. The number of aryl methyl sites for hydroxylation is 1. The SMILES string of the molecule is Cc1ccccc1-n1c(Cn2nc(-c3cc(O)cc(F)c3)c3c(N)ncnc32)cc2ccccc2c1=O. The number of nitrogen functional groups attached to an aromatic ring is 1. The Balaban J connectivity index is 1.61. The number of nitrogens with zero attached hydrogens (tertiary/aromatic N) is 5. The molecule has 6 rings (SSSR count). The van der Waals surface area contributed by atoms with Crippen LogP contribution < -0.4 is 11.3 Å². The fourth-order valence-electron chi connectivity index (χ4n) is 4.71. The molecule has 0 aliphatic carbocycles. The lowest BCUT2D eigenvalue weighted by molar-refractivity contribution is 0.469. The van der Waals surface area contributed by atoms with Gasteiger partial charge in [-0.25, -0.2) is 19.0 Å². The molecule has 0 radical (unpaired) electrons. The Morgan fingerprint density at radius 1 is 1.00 bits per heavy atom. The summed E-state index contributed by atoms with van der Waals surface area (Å²) in [5.74, 6) is -0.683. The molecule has 8 nitrogen and oxygen atoms in total. The monoisotopic (exact) mass is 492 g/mol. The number of rotatable bonds is 4. The van der Waals surface area contributed by atoms with E-state index in [1.807, 2.05) is 61.5 Å². The van der Waals surface area contributed by atoms with Crippen molar-refractivity contribution in [1.82, 2.24) is 24.3 Å². The molecule has 3 aromatic carbocycles. The van der Waals surface area contributed by atoms with Crippen LogP contribution in [0, 0.1) is 12.7 Å². The van der Waals surface area contributed by atoms with Crippen LogP contribution in [0.3, 0.4) is 0 Å². The Labute approximate surface area is 210 Å². The van der Waals surface area contributed by atoms with E-state index in [4.69, 9.17) is 10.8 Å². The summed E-state index contributed by atoms with van der Waals surface area (Å²) in [6, 6.07) is 20.7. The summed E-state index contributed by atoms with van der Waals surface area (Å²) in [4.78, 5) is 22.2. The van der Waals surface area contributed by atoms with Gasteiger partial charge in [0.1, 0.15) is 29.4 Å². The molecule has 9 heteroatoms. The van der Waals surface area contributed by atoms with Gasteiger partial charge in [-0.05, 0) is 48.2 Å². The standard InChI is InChI=1S/C28H21FN6O2/c1-16-6-2-5-9-23(16)35-20(11-17-7-3-4-8-22(17)28(35)37)14-34-27-24(26(30)31-15-32-27)25(33-34)18-10-19(29)13-21(36)12-18/h2-13,15,36H,14H2,1H3,(H2,30,31,32). The summed E-state index contributed by atoms with van der Waals surface area (Å²) in [6.07, 6.45) is 1.33. The van der Waals surface area contributed by atoms with Crippen LogP contribution in [0.1, 0.15) is 11.3 Å². The maximum absolute atomic E-state index is 14.1. The quantitative estimate of drug-likeness (QED) is 0.373. The average Bonchev–Trinajstić information content (AvgIpc) is 3.24. The first-order chi connectivity index (χ1) is 17.9. The van der Waals surface area contributed by atoms with Gasteiger partial charge in [0.15, 0.2) is 5.65 Å². The first-order valence-electron chi connectivity index (χ1n) is 11.6. The van der Waals surface area contributed by atoms with Crippen LogP contribution in [-0.2, 0) is 6.54 Å². The number of anilines is 1. The molecule has 3 heterocycles. The lowest BCUT2D eigenvalue weighted by Crippen LogP contribution is -2.24. The highest BCUT2D eigenvalue weighted by Crippen LogP contribution is 2.33. The Morgan fingerprint density at radius 2 is 1.78 bits per heavy atom. The fraction of sp³-hybridized carbons (Fsp3) is 0.0714. The smallest absolute Gasteiger partial charge is 0.263 e. The molecule has 0 spiro atoms. The minimum Gasteiger partial charge on any atom is -0.508 e. The maximum Gasteiger partial charge on any atom is 0.263 e. The Morgan fingerprint density at radius 3 is 2.59 bits per heavy atom. The van der Waals surface area contributed by atoms with Crippen LogP contribution in [0.25, 0.3) is 38.8 Å². The third-order valence-electron chi connectivity index (χ3n) is 6.39. The minimum absolute atomic E-state index is 0.150. The molecule has 182 valence electrons. The van der Waals surface area contributed by atoms with Crippen molar-refractivity contribution in [3.63, 3.8) is 0 Å². The van der Waals surface area contributed by atoms with Gasteiger partial charge < -0.3 is 10.8 Å². The zero-order valence-corrected chi connectivity index (χ0v) is 19.8. The molecular formula is C28H21FN6O2. The number of benzene rings is 3. The van der Waals surface area contributed by atoms with Crippen LogP contribution in [0.4, 0.5) is 10.2 Å². The van der Waals surface area contributed by atoms with Crippen LogP contribution in [0.5, 0.6) is 5.75 Å². The van der Waals surface area contributed by atoms with E-state index in [1.165, 1.54) is 18.5 Å². The number of phenols is 1. The molecule has 37 heavy (non-hydrogen) atoms. The third kappa shape index (κ3) is 3.77. The fourth-order valence-corrected chi connectivity index (χ4v) is 4.71. The molecule has 0 aliphatic heterocycles. The number of phenolic OH excluding ortho intramolecular Hbond substituents is 1. The molecule has 3 aromatic heterocycles. The van der Waals surface area contributed by atoms with Gasteiger partial charge in [-0.2, -0.15) is 5.10 Å². The Bertz CT molecular complexity index is 1870. The van der Waals surface area contributed by atoms with E-state index in [2.05, 4.69) is 9.97 Å². The van der Waals surface area contributed by atoms with Gasteiger partial charge in [-0.15, -0.1) is 0 Å². The summed E-state index contributed by atoms with van der Waals surface area (Å²) in [7, 11) is 0. The lowest BCUT2D eigenvalue weighted by atomic mass is 10.1. The molecule has 0 bridgehead atoms.